The lowest BCUT2D eigenvalue weighted by Gasteiger charge is -2.02. The van der Waals surface area contributed by atoms with Crippen LogP contribution in [0.4, 0.5) is 0 Å². The minimum Gasteiger partial charge on any atom is -0.497 e. The van der Waals surface area contributed by atoms with Crippen LogP contribution in [0.3, 0.4) is 0 Å². The Hall–Kier alpha value is -1.88. The van der Waals surface area contributed by atoms with Crippen LogP contribution in [0.5, 0.6) is 5.75 Å². The quantitative estimate of drug-likeness (QED) is 0.909. The van der Waals surface area contributed by atoms with E-state index in [4.69, 9.17) is 4.74 Å². The number of hydrogen-bond acceptors (Lipinski definition) is 4. The third-order valence-electron chi connectivity index (χ3n) is 2.67. The summed E-state index contributed by atoms with van der Waals surface area (Å²) >= 11 is 1.25. The Morgan fingerprint density at radius 2 is 2.26 bits per heavy atom. The van der Waals surface area contributed by atoms with Crippen molar-refractivity contribution in [1.29, 1.82) is 0 Å². The van der Waals surface area contributed by atoms with Crippen LogP contribution in [-0.2, 0) is 6.42 Å². The minimum absolute atomic E-state index is 0.289. The maximum Gasteiger partial charge on any atom is 0.348 e. The van der Waals surface area contributed by atoms with Crippen LogP contribution in [0.25, 0.3) is 11.3 Å². The van der Waals surface area contributed by atoms with Crippen molar-refractivity contribution in [3.8, 4) is 17.0 Å². The van der Waals surface area contributed by atoms with Crippen molar-refractivity contribution in [2.24, 2.45) is 0 Å². The van der Waals surface area contributed by atoms with Gasteiger partial charge in [-0.25, -0.2) is 9.78 Å². The molecule has 0 bridgehead atoms. The number of aromatic carboxylic acids is 1. The number of carbonyl (C=O) groups is 1. The first kappa shape index (κ1) is 13.5. The Morgan fingerprint density at radius 3 is 2.89 bits per heavy atom. The first-order valence-electron chi connectivity index (χ1n) is 6.03. The molecule has 4 nitrogen and oxygen atoms in total. The van der Waals surface area contributed by atoms with E-state index in [2.05, 4.69) is 4.98 Å². The zero-order chi connectivity index (χ0) is 13.8. The number of carboxylic acid groups (broad SMARTS) is 1. The standard InChI is InChI=1S/C14H15NO3S/c1-3-5-11-15-12(13(19-11)14(16)17)9-6-4-7-10(8-9)18-2/h4,6-8H,3,5H2,1-2H3,(H,16,17). The van der Waals surface area contributed by atoms with Crippen molar-refractivity contribution in [3.05, 3.63) is 34.2 Å². The van der Waals surface area contributed by atoms with Gasteiger partial charge in [0, 0.05) is 5.56 Å². The molecule has 0 atom stereocenters. The van der Waals surface area contributed by atoms with Crippen molar-refractivity contribution < 1.29 is 14.6 Å². The molecule has 0 radical (unpaired) electrons. The molecule has 5 heteroatoms. The van der Waals surface area contributed by atoms with Gasteiger partial charge >= 0.3 is 5.97 Å². The fourth-order valence-electron chi connectivity index (χ4n) is 1.80. The highest BCUT2D eigenvalue weighted by atomic mass is 32.1. The molecule has 2 rings (SSSR count). The molecule has 0 aliphatic rings. The van der Waals surface area contributed by atoms with Gasteiger partial charge in [-0.3, -0.25) is 0 Å². The molecule has 0 fully saturated rings. The number of ether oxygens (including phenoxy) is 1. The van der Waals surface area contributed by atoms with Crippen LogP contribution in [0, 0.1) is 0 Å². The number of aryl methyl sites for hydroxylation is 1. The van der Waals surface area contributed by atoms with E-state index in [1.807, 2.05) is 25.1 Å². The van der Waals surface area contributed by atoms with Crippen LogP contribution in [-0.4, -0.2) is 23.2 Å². The lowest BCUT2D eigenvalue weighted by Crippen LogP contribution is -1.95. The highest BCUT2D eigenvalue weighted by molar-refractivity contribution is 7.14. The topological polar surface area (TPSA) is 59.4 Å². The molecular formula is C14H15NO3S. The summed E-state index contributed by atoms with van der Waals surface area (Å²) in [6.07, 6.45) is 1.75. The molecular weight excluding hydrogens is 262 g/mol. The summed E-state index contributed by atoms with van der Waals surface area (Å²) in [5.74, 6) is -0.239. The van der Waals surface area contributed by atoms with Gasteiger partial charge in [-0.1, -0.05) is 19.1 Å². The number of nitrogens with zero attached hydrogens (tertiary/aromatic N) is 1. The molecule has 0 aliphatic carbocycles. The summed E-state index contributed by atoms with van der Waals surface area (Å²) < 4.78 is 5.16. The summed E-state index contributed by atoms with van der Waals surface area (Å²) in [6, 6.07) is 7.30. The molecule has 0 amide bonds. The fourth-order valence-corrected chi connectivity index (χ4v) is 2.82. The largest absolute Gasteiger partial charge is 0.497 e. The number of hydrogen-bond donors (Lipinski definition) is 1. The van der Waals surface area contributed by atoms with Crippen molar-refractivity contribution in [2.75, 3.05) is 7.11 Å². The number of benzene rings is 1. The summed E-state index contributed by atoms with van der Waals surface area (Å²) in [5.41, 5.74) is 1.30. The molecule has 0 aliphatic heterocycles. The first-order chi connectivity index (χ1) is 9.15. The van der Waals surface area contributed by atoms with Gasteiger partial charge in [0.1, 0.15) is 10.6 Å². The van der Waals surface area contributed by atoms with Gasteiger partial charge < -0.3 is 9.84 Å². The molecule has 1 aromatic carbocycles. The van der Waals surface area contributed by atoms with Crippen LogP contribution < -0.4 is 4.74 Å². The molecule has 19 heavy (non-hydrogen) atoms. The van der Waals surface area contributed by atoms with E-state index < -0.39 is 5.97 Å². The Bertz CT molecular complexity index is 592. The van der Waals surface area contributed by atoms with Crippen molar-refractivity contribution >= 4 is 17.3 Å². The number of carboxylic acids is 1. The Morgan fingerprint density at radius 1 is 1.47 bits per heavy atom. The maximum absolute atomic E-state index is 11.3. The molecule has 0 saturated heterocycles. The van der Waals surface area contributed by atoms with E-state index in [1.54, 1.807) is 13.2 Å². The van der Waals surface area contributed by atoms with Crippen LogP contribution in [0.15, 0.2) is 24.3 Å². The van der Waals surface area contributed by atoms with E-state index in [0.29, 0.717) is 11.4 Å². The lowest BCUT2D eigenvalue weighted by atomic mass is 10.1. The molecule has 2 aromatic rings. The van der Waals surface area contributed by atoms with Gasteiger partial charge in [0.15, 0.2) is 0 Å². The van der Waals surface area contributed by atoms with Crippen molar-refractivity contribution in [3.63, 3.8) is 0 Å². The van der Waals surface area contributed by atoms with E-state index >= 15 is 0 Å². The zero-order valence-corrected chi connectivity index (χ0v) is 11.7. The second kappa shape index (κ2) is 5.84. The highest BCUT2D eigenvalue weighted by Crippen LogP contribution is 2.30. The smallest absolute Gasteiger partial charge is 0.348 e. The second-order valence-electron chi connectivity index (χ2n) is 4.07. The van der Waals surface area contributed by atoms with E-state index in [1.165, 1.54) is 11.3 Å². The van der Waals surface area contributed by atoms with Crippen LogP contribution in [0.2, 0.25) is 0 Å². The number of thiazole rings is 1. The van der Waals surface area contributed by atoms with Gasteiger partial charge in [-0.2, -0.15) is 0 Å². The van der Waals surface area contributed by atoms with Gasteiger partial charge in [0.25, 0.3) is 0 Å². The molecule has 1 N–H and O–H groups in total. The minimum atomic E-state index is -0.933. The van der Waals surface area contributed by atoms with Gasteiger partial charge in [-0.15, -0.1) is 11.3 Å². The van der Waals surface area contributed by atoms with Gasteiger partial charge in [-0.05, 0) is 25.0 Å². The second-order valence-corrected chi connectivity index (χ2v) is 5.16. The third kappa shape index (κ3) is 2.93. The predicted octanol–water partition coefficient (Wildman–Crippen LogP) is 3.47. The van der Waals surface area contributed by atoms with E-state index in [0.717, 1.165) is 23.4 Å². The SMILES string of the molecule is CCCc1nc(-c2cccc(OC)c2)c(C(=O)O)s1. The van der Waals surface area contributed by atoms with Gasteiger partial charge in [0.2, 0.25) is 0 Å². The molecule has 1 heterocycles. The highest BCUT2D eigenvalue weighted by Gasteiger charge is 2.18. The lowest BCUT2D eigenvalue weighted by molar-refractivity contribution is 0.0702. The maximum atomic E-state index is 11.3. The third-order valence-corrected chi connectivity index (χ3v) is 3.78. The number of methoxy groups -OCH3 is 1. The summed E-state index contributed by atoms with van der Waals surface area (Å²) in [5, 5.41) is 10.1. The number of aromatic nitrogens is 1. The van der Waals surface area contributed by atoms with Gasteiger partial charge in [0.05, 0.1) is 17.8 Å². The van der Waals surface area contributed by atoms with Crippen LogP contribution in [0.1, 0.15) is 28.0 Å². The zero-order valence-electron chi connectivity index (χ0n) is 10.8. The Labute approximate surface area is 115 Å². The normalized spacial score (nSPS) is 10.4. The monoisotopic (exact) mass is 277 g/mol. The summed E-state index contributed by atoms with van der Waals surface area (Å²) in [6.45, 7) is 2.05. The van der Waals surface area contributed by atoms with Crippen LogP contribution >= 0.6 is 11.3 Å². The molecule has 100 valence electrons. The van der Waals surface area contributed by atoms with E-state index in [-0.39, 0.29) is 4.88 Å². The predicted molar refractivity (Wildman–Crippen MR) is 75.1 cm³/mol. The number of rotatable bonds is 5. The summed E-state index contributed by atoms with van der Waals surface area (Å²) in [7, 11) is 1.58. The van der Waals surface area contributed by atoms with Crippen molar-refractivity contribution in [1.82, 2.24) is 4.98 Å². The Kier molecular flexibility index (Phi) is 4.16. The molecule has 0 unspecified atom stereocenters. The average molecular weight is 277 g/mol. The summed E-state index contributed by atoms with van der Waals surface area (Å²) in [4.78, 5) is 16.0. The fraction of sp³-hybridized carbons (Fsp3) is 0.286. The molecule has 1 aromatic heterocycles. The first-order valence-corrected chi connectivity index (χ1v) is 6.84. The van der Waals surface area contributed by atoms with Crippen molar-refractivity contribution in [2.45, 2.75) is 19.8 Å². The average Bonchev–Trinajstić information content (AvgIpc) is 2.83. The molecule has 0 saturated carbocycles. The van der Waals surface area contributed by atoms with E-state index in [9.17, 15) is 9.90 Å². The Balaban J connectivity index is 2.49. The molecule has 0 spiro atoms.